The fourth-order valence-electron chi connectivity index (χ4n) is 2.08. The Morgan fingerprint density at radius 3 is 2.81 bits per heavy atom. The van der Waals surface area contributed by atoms with Gasteiger partial charge in [0.2, 0.25) is 0 Å². The monoisotopic (exact) mass is 222 g/mol. The van der Waals surface area contributed by atoms with Gasteiger partial charge in [0, 0.05) is 18.6 Å². The smallest absolute Gasteiger partial charge is 0.147 e. The van der Waals surface area contributed by atoms with Crippen LogP contribution in [0.2, 0.25) is 0 Å². The molecule has 0 saturated heterocycles. The summed E-state index contributed by atoms with van der Waals surface area (Å²) in [5.41, 5.74) is 7.14. The summed E-state index contributed by atoms with van der Waals surface area (Å²) in [6.45, 7) is 0.540. The highest BCUT2D eigenvalue weighted by Crippen LogP contribution is 2.32. The van der Waals surface area contributed by atoms with Crippen LogP contribution in [0.3, 0.4) is 0 Å². The Kier molecular flexibility index (Phi) is 2.83. The third kappa shape index (κ3) is 1.55. The van der Waals surface area contributed by atoms with E-state index in [2.05, 4.69) is 0 Å². The molecule has 0 atom stereocenters. The first-order valence-corrected chi connectivity index (χ1v) is 5.19. The largest absolute Gasteiger partial charge is 0.496 e. The van der Waals surface area contributed by atoms with Crippen molar-refractivity contribution in [1.29, 1.82) is 0 Å². The van der Waals surface area contributed by atoms with E-state index in [4.69, 9.17) is 10.5 Å². The lowest BCUT2D eigenvalue weighted by Gasteiger charge is -2.05. The van der Waals surface area contributed by atoms with Gasteiger partial charge in [-0.05, 0) is 30.7 Å². The first-order chi connectivity index (χ1) is 7.69. The lowest BCUT2D eigenvalue weighted by atomic mass is 10.1. The molecule has 0 aliphatic carbocycles. The van der Waals surface area contributed by atoms with Gasteiger partial charge < -0.3 is 15.0 Å². The summed E-state index contributed by atoms with van der Waals surface area (Å²) in [6, 6.07) is 3.07. The average Bonchev–Trinajstić information content (AvgIpc) is 2.59. The molecule has 0 fully saturated rings. The Morgan fingerprint density at radius 2 is 2.19 bits per heavy atom. The number of methoxy groups -OCH3 is 1. The standard InChI is InChI=1S/C12H15FN2O/c1-15-7-8(5-6-14)11-10(16-2)4-3-9(13)12(11)15/h3-4,7H,5-6,14H2,1-2H3. The number of nitrogens with zero attached hydrogens (tertiary/aromatic N) is 1. The summed E-state index contributed by atoms with van der Waals surface area (Å²) in [6.07, 6.45) is 2.63. The van der Waals surface area contributed by atoms with E-state index >= 15 is 0 Å². The van der Waals surface area contributed by atoms with Gasteiger partial charge in [0.05, 0.1) is 12.6 Å². The van der Waals surface area contributed by atoms with Crippen LogP contribution in [0.1, 0.15) is 5.56 Å². The zero-order valence-electron chi connectivity index (χ0n) is 9.46. The van der Waals surface area contributed by atoms with Crippen LogP contribution in [0, 0.1) is 5.82 Å². The number of fused-ring (bicyclic) bond motifs is 1. The minimum atomic E-state index is -0.235. The van der Waals surface area contributed by atoms with Crippen molar-refractivity contribution in [3.05, 3.63) is 29.7 Å². The third-order valence-electron chi connectivity index (χ3n) is 2.75. The van der Waals surface area contributed by atoms with E-state index in [1.807, 2.05) is 13.2 Å². The predicted octanol–water partition coefficient (Wildman–Crippen LogP) is 1.83. The third-order valence-corrected chi connectivity index (χ3v) is 2.75. The van der Waals surface area contributed by atoms with Crippen LogP contribution in [0.4, 0.5) is 4.39 Å². The molecule has 2 aromatic rings. The van der Waals surface area contributed by atoms with E-state index in [0.717, 1.165) is 17.4 Å². The molecule has 0 aliphatic rings. The molecule has 16 heavy (non-hydrogen) atoms. The number of nitrogens with two attached hydrogens (primary N) is 1. The molecule has 0 bridgehead atoms. The van der Waals surface area contributed by atoms with E-state index in [0.29, 0.717) is 17.8 Å². The van der Waals surface area contributed by atoms with Crippen molar-refractivity contribution in [2.45, 2.75) is 6.42 Å². The molecule has 2 rings (SSSR count). The van der Waals surface area contributed by atoms with Crippen molar-refractivity contribution < 1.29 is 9.13 Å². The summed E-state index contributed by atoms with van der Waals surface area (Å²) in [7, 11) is 3.41. The molecule has 86 valence electrons. The van der Waals surface area contributed by atoms with Crippen LogP contribution in [-0.2, 0) is 13.5 Å². The van der Waals surface area contributed by atoms with Crippen molar-refractivity contribution >= 4 is 10.9 Å². The molecule has 0 aliphatic heterocycles. The number of halogens is 1. The van der Waals surface area contributed by atoms with E-state index in [-0.39, 0.29) is 5.82 Å². The molecule has 1 aromatic carbocycles. The van der Waals surface area contributed by atoms with Crippen LogP contribution in [0.5, 0.6) is 5.75 Å². The second kappa shape index (κ2) is 4.14. The number of benzene rings is 1. The van der Waals surface area contributed by atoms with Gasteiger partial charge in [0.1, 0.15) is 11.6 Å². The maximum absolute atomic E-state index is 13.7. The van der Waals surface area contributed by atoms with Gasteiger partial charge >= 0.3 is 0 Å². The van der Waals surface area contributed by atoms with Gasteiger partial charge in [-0.25, -0.2) is 4.39 Å². The Balaban J connectivity index is 2.78. The van der Waals surface area contributed by atoms with Crippen molar-refractivity contribution in [2.75, 3.05) is 13.7 Å². The summed E-state index contributed by atoms with van der Waals surface area (Å²) < 4.78 is 20.7. The minimum Gasteiger partial charge on any atom is -0.496 e. The van der Waals surface area contributed by atoms with Crippen molar-refractivity contribution in [1.82, 2.24) is 4.57 Å². The maximum Gasteiger partial charge on any atom is 0.147 e. The zero-order valence-corrected chi connectivity index (χ0v) is 9.46. The summed E-state index contributed by atoms with van der Waals surface area (Å²) in [5, 5.41) is 0.829. The Bertz CT molecular complexity index is 519. The van der Waals surface area contributed by atoms with Crippen molar-refractivity contribution in [2.24, 2.45) is 12.8 Å². The average molecular weight is 222 g/mol. The maximum atomic E-state index is 13.7. The first-order valence-electron chi connectivity index (χ1n) is 5.19. The topological polar surface area (TPSA) is 40.2 Å². The number of aryl methyl sites for hydroxylation is 1. The van der Waals surface area contributed by atoms with Gasteiger partial charge in [0.25, 0.3) is 0 Å². The van der Waals surface area contributed by atoms with Gasteiger partial charge in [-0.1, -0.05) is 0 Å². The van der Waals surface area contributed by atoms with Gasteiger partial charge in [-0.3, -0.25) is 0 Å². The fraction of sp³-hybridized carbons (Fsp3) is 0.333. The summed E-state index contributed by atoms with van der Waals surface area (Å²) in [4.78, 5) is 0. The molecule has 0 amide bonds. The van der Waals surface area contributed by atoms with Gasteiger partial charge in [-0.15, -0.1) is 0 Å². The first kappa shape index (κ1) is 11.0. The summed E-state index contributed by atoms with van der Waals surface area (Å²) >= 11 is 0. The van der Waals surface area contributed by atoms with Crippen LogP contribution >= 0.6 is 0 Å². The van der Waals surface area contributed by atoms with Crippen LogP contribution < -0.4 is 10.5 Å². The van der Waals surface area contributed by atoms with Crippen molar-refractivity contribution in [3.8, 4) is 5.75 Å². The molecular formula is C12H15FN2O. The second-order valence-corrected chi connectivity index (χ2v) is 3.78. The molecule has 4 heteroatoms. The van der Waals surface area contributed by atoms with Crippen LogP contribution in [-0.4, -0.2) is 18.2 Å². The lowest BCUT2D eigenvalue weighted by molar-refractivity contribution is 0.419. The van der Waals surface area contributed by atoms with E-state index in [9.17, 15) is 4.39 Å². The number of ether oxygens (including phenoxy) is 1. The number of aromatic nitrogens is 1. The SMILES string of the molecule is COc1ccc(F)c2c1c(CCN)cn2C. The van der Waals surface area contributed by atoms with E-state index < -0.39 is 0 Å². The number of hydrogen-bond donors (Lipinski definition) is 1. The highest BCUT2D eigenvalue weighted by atomic mass is 19.1. The Hall–Kier alpha value is -1.55. The number of hydrogen-bond acceptors (Lipinski definition) is 2. The molecule has 0 radical (unpaired) electrons. The lowest BCUT2D eigenvalue weighted by Crippen LogP contribution is -2.02. The Morgan fingerprint density at radius 1 is 1.44 bits per heavy atom. The quantitative estimate of drug-likeness (QED) is 0.860. The highest BCUT2D eigenvalue weighted by Gasteiger charge is 2.14. The summed E-state index contributed by atoms with van der Waals surface area (Å²) in [5.74, 6) is 0.460. The van der Waals surface area contributed by atoms with E-state index in [1.54, 1.807) is 17.7 Å². The second-order valence-electron chi connectivity index (χ2n) is 3.78. The van der Waals surface area contributed by atoms with E-state index in [1.165, 1.54) is 6.07 Å². The molecule has 2 N–H and O–H groups in total. The molecule has 1 aromatic heterocycles. The van der Waals surface area contributed by atoms with Gasteiger partial charge in [-0.2, -0.15) is 0 Å². The molecule has 0 unspecified atom stereocenters. The van der Waals surface area contributed by atoms with Gasteiger partial charge in [0.15, 0.2) is 0 Å². The predicted molar refractivity (Wildman–Crippen MR) is 62.2 cm³/mol. The molecule has 3 nitrogen and oxygen atoms in total. The zero-order chi connectivity index (χ0) is 11.7. The molecule has 1 heterocycles. The molecular weight excluding hydrogens is 207 g/mol. The Labute approximate surface area is 93.6 Å². The fourth-order valence-corrected chi connectivity index (χ4v) is 2.08. The molecule has 0 saturated carbocycles. The minimum absolute atomic E-state index is 0.235. The molecule has 0 spiro atoms. The van der Waals surface area contributed by atoms with Crippen molar-refractivity contribution in [3.63, 3.8) is 0 Å². The highest BCUT2D eigenvalue weighted by molar-refractivity contribution is 5.90. The van der Waals surface area contributed by atoms with Crippen LogP contribution in [0.15, 0.2) is 18.3 Å². The number of rotatable bonds is 3. The van der Waals surface area contributed by atoms with Crippen LogP contribution in [0.25, 0.3) is 10.9 Å². The normalized spacial score (nSPS) is 11.0.